The number of rotatable bonds is 1. The van der Waals surface area contributed by atoms with Crippen LogP contribution in [0.3, 0.4) is 0 Å². The number of ether oxygens (including phenoxy) is 1. The number of nitrogens with zero attached hydrogens (tertiary/aromatic N) is 1. The lowest BCUT2D eigenvalue weighted by Crippen LogP contribution is -2.53. The first-order valence-electron chi connectivity index (χ1n) is 4.47. The molecule has 5 heteroatoms. The summed E-state index contributed by atoms with van der Waals surface area (Å²) in [6, 6.07) is 0. The van der Waals surface area contributed by atoms with Gasteiger partial charge in [0.25, 0.3) is 0 Å². The Bertz CT molecular complexity index is 253. The second-order valence-electron chi connectivity index (χ2n) is 4.39. The molecule has 1 fully saturated rings. The molecule has 0 N–H and O–H groups in total. The zero-order chi connectivity index (χ0) is 10.9. The zero-order valence-electron chi connectivity index (χ0n) is 8.54. The van der Waals surface area contributed by atoms with E-state index >= 15 is 0 Å². The van der Waals surface area contributed by atoms with Gasteiger partial charge in [-0.25, -0.2) is 4.79 Å². The highest BCUT2D eigenvalue weighted by Crippen LogP contribution is 2.20. The topological polar surface area (TPSA) is 46.6 Å². The molecule has 1 aliphatic rings. The summed E-state index contributed by atoms with van der Waals surface area (Å²) in [5.41, 5.74) is -0.493. The van der Waals surface area contributed by atoms with Gasteiger partial charge in [-0.2, -0.15) is 0 Å². The highest BCUT2D eigenvalue weighted by atomic mass is 35.5. The van der Waals surface area contributed by atoms with E-state index in [9.17, 15) is 9.59 Å². The molecule has 0 radical (unpaired) electrons. The summed E-state index contributed by atoms with van der Waals surface area (Å²) in [5, 5.41) is -0.384. The molecule has 0 bridgehead atoms. The molecule has 1 aliphatic heterocycles. The van der Waals surface area contributed by atoms with Crippen molar-refractivity contribution in [2.24, 2.45) is 5.92 Å². The van der Waals surface area contributed by atoms with Crippen molar-refractivity contribution in [1.29, 1.82) is 0 Å². The van der Waals surface area contributed by atoms with Crippen molar-refractivity contribution in [1.82, 2.24) is 4.90 Å². The summed E-state index contributed by atoms with van der Waals surface area (Å²) in [5.74, 6) is -0.218. The number of likely N-dealkylation sites (tertiary alicyclic amines) is 1. The monoisotopic (exact) mass is 219 g/mol. The van der Waals surface area contributed by atoms with Crippen molar-refractivity contribution in [3.8, 4) is 0 Å². The molecule has 80 valence electrons. The lowest BCUT2D eigenvalue weighted by Gasteiger charge is -2.37. The summed E-state index contributed by atoms with van der Waals surface area (Å²) >= 11 is 5.27. The van der Waals surface area contributed by atoms with E-state index in [4.69, 9.17) is 16.3 Å². The van der Waals surface area contributed by atoms with Gasteiger partial charge in [-0.15, -0.1) is 0 Å². The van der Waals surface area contributed by atoms with E-state index in [1.165, 1.54) is 4.90 Å². The number of hydrogen-bond donors (Lipinski definition) is 0. The fourth-order valence-electron chi connectivity index (χ4n) is 1.10. The van der Waals surface area contributed by atoms with Crippen LogP contribution in [0.4, 0.5) is 4.79 Å². The Kier molecular flexibility index (Phi) is 3.04. The second kappa shape index (κ2) is 3.77. The van der Waals surface area contributed by atoms with Gasteiger partial charge in [0.15, 0.2) is 0 Å². The Balaban J connectivity index is 2.34. The van der Waals surface area contributed by atoms with E-state index in [0.29, 0.717) is 13.1 Å². The average molecular weight is 220 g/mol. The van der Waals surface area contributed by atoms with E-state index in [1.54, 1.807) is 20.8 Å². The highest BCUT2D eigenvalue weighted by Gasteiger charge is 2.36. The highest BCUT2D eigenvalue weighted by molar-refractivity contribution is 6.64. The third-order valence-electron chi connectivity index (χ3n) is 1.85. The van der Waals surface area contributed by atoms with Gasteiger partial charge in [-0.05, 0) is 32.4 Å². The molecule has 0 spiro atoms. The van der Waals surface area contributed by atoms with Crippen molar-refractivity contribution in [3.63, 3.8) is 0 Å². The molecule has 0 aromatic heterocycles. The fraction of sp³-hybridized carbons (Fsp3) is 0.778. The molecular weight excluding hydrogens is 206 g/mol. The molecule has 0 saturated carbocycles. The molecule has 0 aliphatic carbocycles. The number of carbonyl (C=O) groups is 2. The summed E-state index contributed by atoms with van der Waals surface area (Å²) < 4.78 is 5.10. The molecule has 0 atom stereocenters. The van der Waals surface area contributed by atoms with Gasteiger partial charge in [-0.3, -0.25) is 4.79 Å². The van der Waals surface area contributed by atoms with Crippen LogP contribution in [0.15, 0.2) is 0 Å². The first-order chi connectivity index (χ1) is 6.29. The van der Waals surface area contributed by atoms with Crippen LogP contribution in [0.5, 0.6) is 0 Å². The van der Waals surface area contributed by atoms with Crippen LogP contribution in [-0.2, 0) is 9.53 Å². The Hall–Kier alpha value is -0.770. The first kappa shape index (κ1) is 11.3. The Morgan fingerprint density at radius 1 is 1.36 bits per heavy atom. The van der Waals surface area contributed by atoms with Crippen molar-refractivity contribution >= 4 is 22.9 Å². The molecule has 1 saturated heterocycles. The van der Waals surface area contributed by atoms with Crippen molar-refractivity contribution < 1.29 is 14.3 Å². The van der Waals surface area contributed by atoms with E-state index < -0.39 is 5.60 Å². The second-order valence-corrected chi connectivity index (χ2v) is 4.76. The molecular formula is C9H14ClNO3. The van der Waals surface area contributed by atoms with Gasteiger partial charge >= 0.3 is 6.09 Å². The summed E-state index contributed by atoms with van der Waals surface area (Å²) in [4.78, 5) is 23.5. The van der Waals surface area contributed by atoms with E-state index in [-0.39, 0.29) is 17.3 Å². The minimum Gasteiger partial charge on any atom is -0.444 e. The summed E-state index contributed by atoms with van der Waals surface area (Å²) in [6.07, 6.45) is -0.383. The van der Waals surface area contributed by atoms with Crippen LogP contribution >= 0.6 is 11.6 Å². The van der Waals surface area contributed by atoms with Crippen LogP contribution in [0.2, 0.25) is 0 Å². The maximum Gasteiger partial charge on any atom is 0.410 e. The molecule has 1 rings (SSSR count). The van der Waals surface area contributed by atoms with Crippen molar-refractivity contribution in [2.75, 3.05) is 13.1 Å². The number of amides is 1. The van der Waals surface area contributed by atoms with E-state index in [2.05, 4.69) is 0 Å². The number of halogens is 1. The van der Waals surface area contributed by atoms with Gasteiger partial charge in [-0.1, -0.05) is 0 Å². The van der Waals surface area contributed by atoms with Gasteiger partial charge < -0.3 is 9.64 Å². The minimum absolute atomic E-state index is 0.218. The first-order valence-corrected chi connectivity index (χ1v) is 4.84. The third-order valence-corrected chi connectivity index (χ3v) is 2.16. The quantitative estimate of drug-likeness (QED) is 0.630. The lowest BCUT2D eigenvalue weighted by molar-refractivity contribution is -0.119. The number of hydrogen-bond acceptors (Lipinski definition) is 3. The molecule has 1 amide bonds. The maximum atomic E-state index is 11.4. The zero-order valence-corrected chi connectivity index (χ0v) is 9.30. The molecule has 0 unspecified atom stereocenters. The molecule has 4 nitrogen and oxygen atoms in total. The van der Waals surface area contributed by atoms with Crippen molar-refractivity contribution in [2.45, 2.75) is 26.4 Å². The summed E-state index contributed by atoms with van der Waals surface area (Å²) in [7, 11) is 0. The largest absolute Gasteiger partial charge is 0.444 e. The predicted octanol–water partition coefficient (Wildman–Crippen LogP) is 1.62. The van der Waals surface area contributed by atoms with Gasteiger partial charge in [0.2, 0.25) is 5.24 Å². The van der Waals surface area contributed by atoms with Gasteiger partial charge in [0.1, 0.15) is 5.60 Å². The third kappa shape index (κ3) is 2.87. The SMILES string of the molecule is CC(C)(C)OC(=O)N1CC(C(=O)Cl)C1. The molecule has 1 heterocycles. The predicted molar refractivity (Wildman–Crippen MR) is 52.2 cm³/mol. The number of carbonyl (C=O) groups excluding carboxylic acids is 2. The smallest absolute Gasteiger partial charge is 0.410 e. The minimum atomic E-state index is -0.493. The van der Waals surface area contributed by atoms with E-state index in [1.807, 2.05) is 0 Å². The van der Waals surface area contributed by atoms with Gasteiger partial charge in [0, 0.05) is 13.1 Å². The van der Waals surface area contributed by atoms with Crippen LogP contribution in [0.1, 0.15) is 20.8 Å². The maximum absolute atomic E-state index is 11.4. The van der Waals surface area contributed by atoms with Crippen LogP contribution in [-0.4, -0.2) is 34.9 Å². The Morgan fingerprint density at radius 3 is 2.21 bits per heavy atom. The van der Waals surface area contributed by atoms with Crippen LogP contribution in [0.25, 0.3) is 0 Å². The Morgan fingerprint density at radius 2 is 1.86 bits per heavy atom. The normalized spacial score (nSPS) is 17.6. The van der Waals surface area contributed by atoms with Crippen molar-refractivity contribution in [3.05, 3.63) is 0 Å². The van der Waals surface area contributed by atoms with Crippen LogP contribution in [0, 0.1) is 5.92 Å². The standard InChI is InChI=1S/C9H14ClNO3/c1-9(2,3)14-8(13)11-4-6(5-11)7(10)12/h6H,4-5H2,1-3H3. The average Bonchev–Trinajstić information content (AvgIpc) is 1.75. The molecule has 14 heavy (non-hydrogen) atoms. The van der Waals surface area contributed by atoms with Gasteiger partial charge in [0.05, 0.1) is 5.92 Å². The summed E-state index contributed by atoms with van der Waals surface area (Å²) in [6.45, 7) is 6.15. The Labute approximate surface area is 88.2 Å². The molecule has 0 aromatic rings. The molecule has 0 aromatic carbocycles. The van der Waals surface area contributed by atoms with E-state index in [0.717, 1.165) is 0 Å². The fourth-order valence-corrected chi connectivity index (χ4v) is 1.24. The van der Waals surface area contributed by atoms with Crippen LogP contribution < -0.4 is 0 Å². The lowest BCUT2D eigenvalue weighted by atomic mass is 10.0.